The third-order valence-corrected chi connectivity index (χ3v) is 4.16. The van der Waals surface area contributed by atoms with E-state index in [4.69, 9.17) is 11.6 Å². The van der Waals surface area contributed by atoms with Crippen LogP contribution in [0.4, 0.5) is 18.9 Å². The number of halogens is 4. The molecule has 2 rings (SSSR count). The Kier molecular flexibility index (Phi) is 7.00. The Bertz CT molecular complexity index is 826. The predicted molar refractivity (Wildman–Crippen MR) is 97.3 cm³/mol. The summed E-state index contributed by atoms with van der Waals surface area (Å²) in [6.07, 6.45) is -1.65. The zero-order valence-corrected chi connectivity index (χ0v) is 16.0. The fraction of sp³-hybridized carbons (Fsp3) is 0.412. The standard InChI is InChI=1S/C17H19ClF3N5O2/c1-3-25(15(28)11-24(2)14(27)6-7-17(19,20)21)13-10-26(23-16(13)18)12-5-4-8-22-9-12/h4-5,8-10H,3,6-7,11H2,1-2H3. The van der Waals surface area contributed by atoms with Crippen molar-refractivity contribution in [2.45, 2.75) is 25.9 Å². The van der Waals surface area contributed by atoms with Crippen LogP contribution in [0, 0.1) is 0 Å². The van der Waals surface area contributed by atoms with Gasteiger partial charge in [0, 0.05) is 26.2 Å². The molecule has 0 saturated heterocycles. The van der Waals surface area contributed by atoms with Crippen molar-refractivity contribution >= 4 is 29.1 Å². The molecule has 2 amide bonds. The largest absolute Gasteiger partial charge is 0.389 e. The molecular formula is C17H19ClF3N5O2. The van der Waals surface area contributed by atoms with Crippen LogP contribution in [-0.2, 0) is 9.59 Å². The first-order valence-corrected chi connectivity index (χ1v) is 8.76. The molecular weight excluding hydrogens is 399 g/mol. The molecule has 0 aromatic carbocycles. The Morgan fingerprint density at radius 3 is 2.57 bits per heavy atom. The number of likely N-dealkylation sites (N-methyl/N-ethyl adjacent to an activating group) is 2. The Labute approximate surface area is 164 Å². The van der Waals surface area contributed by atoms with Gasteiger partial charge in [0.1, 0.15) is 5.69 Å². The van der Waals surface area contributed by atoms with Gasteiger partial charge < -0.3 is 9.80 Å². The van der Waals surface area contributed by atoms with Crippen LogP contribution in [0.5, 0.6) is 0 Å². The fourth-order valence-electron chi connectivity index (χ4n) is 2.44. The van der Waals surface area contributed by atoms with Crippen molar-refractivity contribution in [3.05, 3.63) is 35.9 Å². The van der Waals surface area contributed by atoms with Crippen LogP contribution in [0.25, 0.3) is 5.69 Å². The van der Waals surface area contributed by atoms with Crippen LogP contribution in [0.2, 0.25) is 5.15 Å². The summed E-state index contributed by atoms with van der Waals surface area (Å²) >= 11 is 6.16. The first-order chi connectivity index (χ1) is 13.1. The molecule has 0 fully saturated rings. The summed E-state index contributed by atoms with van der Waals surface area (Å²) in [5, 5.41) is 4.22. The average molecular weight is 418 g/mol. The van der Waals surface area contributed by atoms with Crippen molar-refractivity contribution < 1.29 is 22.8 Å². The lowest BCUT2D eigenvalue weighted by Gasteiger charge is -2.23. The third kappa shape index (κ3) is 5.69. The van der Waals surface area contributed by atoms with E-state index in [1.165, 1.54) is 16.6 Å². The second-order valence-corrected chi connectivity index (χ2v) is 6.32. The van der Waals surface area contributed by atoms with Gasteiger partial charge in [-0.2, -0.15) is 18.3 Å². The Morgan fingerprint density at radius 1 is 1.29 bits per heavy atom. The molecule has 28 heavy (non-hydrogen) atoms. The minimum Gasteiger partial charge on any atom is -0.336 e. The number of anilines is 1. The van der Waals surface area contributed by atoms with E-state index >= 15 is 0 Å². The van der Waals surface area contributed by atoms with Gasteiger partial charge in [-0.1, -0.05) is 11.6 Å². The van der Waals surface area contributed by atoms with Crippen molar-refractivity contribution in [3.63, 3.8) is 0 Å². The monoisotopic (exact) mass is 417 g/mol. The van der Waals surface area contributed by atoms with Crippen molar-refractivity contribution in [3.8, 4) is 5.69 Å². The number of carbonyl (C=O) groups excluding carboxylic acids is 2. The Balaban J connectivity index is 2.09. The molecule has 2 aromatic heterocycles. The highest BCUT2D eigenvalue weighted by molar-refractivity contribution is 6.32. The van der Waals surface area contributed by atoms with Gasteiger partial charge in [0.25, 0.3) is 0 Å². The molecule has 0 bridgehead atoms. The zero-order chi connectivity index (χ0) is 20.9. The highest BCUT2D eigenvalue weighted by Gasteiger charge is 2.29. The molecule has 2 aromatic rings. The number of amides is 2. The summed E-state index contributed by atoms with van der Waals surface area (Å²) in [6.45, 7) is 1.57. The van der Waals surface area contributed by atoms with E-state index in [-0.39, 0.29) is 18.2 Å². The molecule has 152 valence electrons. The van der Waals surface area contributed by atoms with E-state index < -0.39 is 30.8 Å². The molecule has 0 aliphatic heterocycles. The van der Waals surface area contributed by atoms with Gasteiger partial charge >= 0.3 is 6.18 Å². The quantitative estimate of drug-likeness (QED) is 0.694. The summed E-state index contributed by atoms with van der Waals surface area (Å²) in [5.74, 6) is -1.25. The second kappa shape index (κ2) is 9.05. The lowest BCUT2D eigenvalue weighted by molar-refractivity contribution is -0.149. The number of hydrogen-bond donors (Lipinski definition) is 0. The van der Waals surface area contributed by atoms with Gasteiger partial charge in [-0.15, -0.1) is 0 Å². The maximum atomic E-state index is 12.6. The average Bonchev–Trinajstić information content (AvgIpc) is 3.02. The van der Waals surface area contributed by atoms with Gasteiger partial charge in [0.2, 0.25) is 11.8 Å². The molecule has 0 atom stereocenters. The van der Waals surface area contributed by atoms with Crippen molar-refractivity contribution in [1.29, 1.82) is 0 Å². The van der Waals surface area contributed by atoms with E-state index in [1.807, 2.05) is 0 Å². The summed E-state index contributed by atoms with van der Waals surface area (Å²) in [6, 6.07) is 3.47. The molecule has 2 heterocycles. The SMILES string of the molecule is CCN(C(=O)CN(C)C(=O)CCC(F)(F)F)c1cn(-c2cccnc2)nc1Cl. The lowest BCUT2D eigenvalue weighted by atomic mass is 10.2. The van der Waals surface area contributed by atoms with E-state index in [0.29, 0.717) is 11.4 Å². The highest BCUT2D eigenvalue weighted by atomic mass is 35.5. The first kappa shape index (κ1) is 21.7. The van der Waals surface area contributed by atoms with Crippen LogP contribution < -0.4 is 4.90 Å². The summed E-state index contributed by atoms with van der Waals surface area (Å²) in [7, 11) is 1.28. The minimum absolute atomic E-state index is 0.0742. The van der Waals surface area contributed by atoms with E-state index in [2.05, 4.69) is 10.1 Å². The Hall–Kier alpha value is -2.62. The molecule has 0 radical (unpaired) electrons. The van der Waals surface area contributed by atoms with Crippen LogP contribution in [0.1, 0.15) is 19.8 Å². The molecule has 0 unspecified atom stereocenters. The molecule has 11 heteroatoms. The number of alkyl halides is 3. The second-order valence-electron chi connectivity index (χ2n) is 5.96. The van der Waals surface area contributed by atoms with E-state index in [9.17, 15) is 22.8 Å². The molecule has 7 nitrogen and oxygen atoms in total. The van der Waals surface area contributed by atoms with Crippen molar-refractivity contribution in [2.75, 3.05) is 25.0 Å². The fourth-order valence-corrected chi connectivity index (χ4v) is 2.68. The summed E-state index contributed by atoms with van der Waals surface area (Å²) < 4.78 is 38.2. The van der Waals surface area contributed by atoms with E-state index in [1.54, 1.807) is 37.6 Å². The normalized spacial score (nSPS) is 11.4. The molecule has 0 saturated carbocycles. The Morgan fingerprint density at radius 2 is 2.00 bits per heavy atom. The molecule has 0 spiro atoms. The number of aromatic nitrogens is 3. The number of carbonyl (C=O) groups is 2. The highest BCUT2D eigenvalue weighted by Crippen LogP contribution is 2.26. The number of nitrogens with zero attached hydrogens (tertiary/aromatic N) is 5. The minimum atomic E-state index is -4.43. The lowest BCUT2D eigenvalue weighted by Crippen LogP contribution is -2.41. The van der Waals surface area contributed by atoms with Crippen molar-refractivity contribution in [1.82, 2.24) is 19.7 Å². The van der Waals surface area contributed by atoms with Gasteiger partial charge in [-0.05, 0) is 19.1 Å². The zero-order valence-electron chi connectivity index (χ0n) is 15.3. The van der Waals surface area contributed by atoms with Crippen LogP contribution in [-0.4, -0.2) is 57.8 Å². The molecule has 0 aliphatic carbocycles. The van der Waals surface area contributed by atoms with Crippen molar-refractivity contribution in [2.24, 2.45) is 0 Å². The van der Waals surface area contributed by atoms with Gasteiger partial charge in [-0.25, -0.2) is 4.68 Å². The maximum Gasteiger partial charge on any atom is 0.389 e. The third-order valence-electron chi connectivity index (χ3n) is 3.89. The van der Waals surface area contributed by atoms with Gasteiger partial charge in [-0.3, -0.25) is 14.6 Å². The topological polar surface area (TPSA) is 71.3 Å². The first-order valence-electron chi connectivity index (χ1n) is 8.39. The van der Waals surface area contributed by atoms with E-state index in [0.717, 1.165) is 4.90 Å². The summed E-state index contributed by atoms with van der Waals surface area (Å²) in [5.41, 5.74) is 0.966. The number of hydrogen-bond acceptors (Lipinski definition) is 4. The number of rotatable bonds is 7. The number of pyridine rings is 1. The smallest absolute Gasteiger partial charge is 0.336 e. The van der Waals surface area contributed by atoms with Gasteiger partial charge in [0.15, 0.2) is 5.15 Å². The summed E-state index contributed by atoms with van der Waals surface area (Å²) in [4.78, 5) is 30.7. The predicted octanol–water partition coefficient (Wildman–Crippen LogP) is 3.07. The van der Waals surface area contributed by atoms with Crippen LogP contribution >= 0.6 is 11.6 Å². The van der Waals surface area contributed by atoms with Crippen LogP contribution in [0.15, 0.2) is 30.7 Å². The maximum absolute atomic E-state index is 12.6. The van der Waals surface area contributed by atoms with Gasteiger partial charge in [0.05, 0.1) is 31.0 Å². The molecule has 0 aliphatic rings. The molecule has 0 N–H and O–H groups in total. The van der Waals surface area contributed by atoms with Crippen LogP contribution in [0.3, 0.4) is 0 Å².